The fraction of sp³-hybridized carbons (Fsp3) is 0.800. The molecule has 2 N–H and O–H groups in total. The van der Waals surface area contributed by atoms with Crippen molar-refractivity contribution in [1.29, 1.82) is 0 Å². The normalized spacial score (nSPS) is 27.5. The van der Waals surface area contributed by atoms with E-state index in [0.717, 1.165) is 0 Å². The smallest absolute Gasteiger partial charge is 0.325 e. The molecule has 0 spiro atoms. The van der Waals surface area contributed by atoms with E-state index in [1.54, 1.807) is 4.90 Å². The first-order valence-electron chi connectivity index (χ1n) is 5.20. The molecule has 5 nitrogen and oxygen atoms in total. The molecule has 5 heteroatoms. The van der Waals surface area contributed by atoms with Crippen molar-refractivity contribution in [2.45, 2.75) is 26.8 Å². The van der Waals surface area contributed by atoms with Gasteiger partial charge in [0, 0.05) is 13.1 Å². The van der Waals surface area contributed by atoms with Crippen LogP contribution in [0.2, 0.25) is 0 Å². The molecule has 2 amide bonds. The van der Waals surface area contributed by atoms with Gasteiger partial charge in [-0.2, -0.15) is 0 Å². The fourth-order valence-electron chi connectivity index (χ4n) is 1.63. The number of nitrogens with zero attached hydrogens (tertiary/aromatic N) is 1. The summed E-state index contributed by atoms with van der Waals surface area (Å²) in [6.45, 7) is 7.07. The third-order valence-electron chi connectivity index (χ3n) is 2.99. The third kappa shape index (κ3) is 2.84. The van der Waals surface area contributed by atoms with E-state index in [-0.39, 0.29) is 6.03 Å². The van der Waals surface area contributed by atoms with Crippen molar-refractivity contribution in [1.82, 2.24) is 10.2 Å². The zero-order chi connectivity index (χ0) is 11.6. The molecule has 1 rings (SSSR count). The van der Waals surface area contributed by atoms with Crippen LogP contribution in [0.15, 0.2) is 0 Å². The van der Waals surface area contributed by atoms with Gasteiger partial charge >= 0.3 is 12.0 Å². The number of likely N-dealkylation sites (tertiary alicyclic amines) is 1. The molecule has 15 heavy (non-hydrogen) atoms. The van der Waals surface area contributed by atoms with E-state index in [0.29, 0.717) is 24.9 Å². The molecule has 0 aromatic rings. The Morgan fingerprint density at radius 2 is 1.80 bits per heavy atom. The molecule has 2 unspecified atom stereocenters. The lowest BCUT2D eigenvalue weighted by molar-refractivity contribution is -0.138. The highest BCUT2D eigenvalue weighted by molar-refractivity contribution is 5.82. The average molecular weight is 214 g/mol. The molecule has 1 fully saturated rings. The van der Waals surface area contributed by atoms with Gasteiger partial charge in [-0.05, 0) is 18.8 Å². The van der Waals surface area contributed by atoms with Gasteiger partial charge in [0.2, 0.25) is 0 Å². The Hall–Kier alpha value is -1.26. The second-order valence-electron chi connectivity index (χ2n) is 4.37. The van der Waals surface area contributed by atoms with Crippen molar-refractivity contribution < 1.29 is 14.7 Å². The van der Waals surface area contributed by atoms with Crippen molar-refractivity contribution >= 4 is 12.0 Å². The molecule has 86 valence electrons. The van der Waals surface area contributed by atoms with Gasteiger partial charge in [0.05, 0.1) is 0 Å². The minimum absolute atomic E-state index is 0.277. The summed E-state index contributed by atoms with van der Waals surface area (Å²) in [4.78, 5) is 23.8. The second kappa shape index (κ2) is 4.51. The van der Waals surface area contributed by atoms with Crippen LogP contribution < -0.4 is 5.32 Å². The van der Waals surface area contributed by atoms with Crippen LogP contribution >= 0.6 is 0 Å². The van der Waals surface area contributed by atoms with E-state index in [2.05, 4.69) is 19.2 Å². The van der Waals surface area contributed by atoms with Crippen LogP contribution in [-0.2, 0) is 4.79 Å². The minimum atomic E-state index is -1.01. The lowest BCUT2D eigenvalue weighted by atomic mass is 10.0. The predicted molar refractivity (Wildman–Crippen MR) is 55.5 cm³/mol. The highest BCUT2D eigenvalue weighted by Crippen LogP contribution is 2.21. The monoisotopic (exact) mass is 214 g/mol. The van der Waals surface area contributed by atoms with E-state index in [4.69, 9.17) is 5.11 Å². The molecule has 3 atom stereocenters. The van der Waals surface area contributed by atoms with Gasteiger partial charge in [0.25, 0.3) is 0 Å². The summed E-state index contributed by atoms with van der Waals surface area (Å²) in [5, 5.41) is 11.1. The van der Waals surface area contributed by atoms with Crippen LogP contribution in [0.3, 0.4) is 0 Å². The molecule has 0 saturated carbocycles. The topological polar surface area (TPSA) is 69.6 Å². The average Bonchev–Trinajstić information content (AvgIpc) is 2.46. The summed E-state index contributed by atoms with van der Waals surface area (Å²) in [5.41, 5.74) is 0. The van der Waals surface area contributed by atoms with E-state index >= 15 is 0 Å². The Morgan fingerprint density at radius 3 is 2.20 bits per heavy atom. The summed E-state index contributed by atoms with van der Waals surface area (Å²) in [6.07, 6.45) is 0. The zero-order valence-electron chi connectivity index (χ0n) is 9.36. The molecule has 1 saturated heterocycles. The molecule has 1 heterocycles. The van der Waals surface area contributed by atoms with Crippen molar-refractivity contribution in [3.05, 3.63) is 0 Å². The van der Waals surface area contributed by atoms with Crippen molar-refractivity contribution in [2.24, 2.45) is 11.8 Å². The summed E-state index contributed by atoms with van der Waals surface area (Å²) in [6, 6.07) is -1.11. The number of nitrogens with one attached hydrogen (secondary N) is 1. The molecule has 1 aliphatic rings. The maximum atomic E-state index is 11.6. The number of carboxylic acids is 1. The molecular formula is C10H18N2O3. The number of hydrogen-bond donors (Lipinski definition) is 2. The second-order valence-corrected chi connectivity index (χ2v) is 4.37. The summed E-state index contributed by atoms with van der Waals surface area (Å²) in [5.74, 6) is -0.0459. The van der Waals surface area contributed by atoms with Gasteiger partial charge in [0.15, 0.2) is 0 Å². The number of amides is 2. The summed E-state index contributed by atoms with van der Waals surface area (Å²) < 4.78 is 0. The Bertz CT molecular complexity index is 257. The standard InChI is InChI=1S/C10H18N2O3/c1-6-4-12(5-7(6)2)10(15)11-8(3)9(13)14/h6-8H,4-5H2,1-3H3,(H,11,15)(H,13,14)/t6?,7?,8-/m1/s1. The molecule has 0 aromatic heterocycles. The van der Waals surface area contributed by atoms with Crippen LogP contribution in [0.5, 0.6) is 0 Å². The Kier molecular flexibility index (Phi) is 3.55. The van der Waals surface area contributed by atoms with Gasteiger partial charge in [-0.25, -0.2) is 4.79 Å². The zero-order valence-corrected chi connectivity index (χ0v) is 9.36. The van der Waals surface area contributed by atoms with Crippen molar-refractivity contribution in [3.63, 3.8) is 0 Å². The van der Waals surface area contributed by atoms with Gasteiger partial charge in [-0.15, -0.1) is 0 Å². The van der Waals surface area contributed by atoms with Crippen molar-refractivity contribution in [2.75, 3.05) is 13.1 Å². The van der Waals surface area contributed by atoms with Crippen LogP contribution in [0.1, 0.15) is 20.8 Å². The Labute approximate surface area is 89.4 Å². The summed E-state index contributed by atoms with van der Waals surface area (Å²) >= 11 is 0. The number of carbonyl (C=O) groups is 2. The van der Waals surface area contributed by atoms with Crippen LogP contribution in [0.25, 0.3) is 0 Å². The fourth-order valence-corrected chi connectivity index (χ4v) is 1.63. The molecule has 0 aromatic carbocycles. The first-order chi connectivity index (χ1) is 6.91. The third-order valence-corrected chi connectivity index (χ3v) is 2.99. The van der Waals surface area contributed by atoms with E-state index in [1.807, 2.05) is 0 Å². The predicted octanol–water partition coefficient (Wildman–Crippen LogP) is 0.757. The molecule has 0 aliphatic carbocycles. The van der Waals surface area contributed by atoms with Gasteiger partial charge in [-0.1, -0.05) is 13.8 Å². The van der Waals surface area contributed by atoms with Crippen LogP contribution in [0, 0.1) is 11.8 Å². The minimum Gasteiger partial charge on any atom is -0.480 e. The lowest BCUT2D eigenvalue weighted by Crippen LogP contribution is -2.45. The Morgan fingerprint density at radius 1 is 1.33 bits per heavy atom. The van der Waals surface area contributed by atoms with Crippen LogP contribution in [-0.4, -0.2) is 41.1 Å². The lowest BCUT2D eigenvalue weighted by Gasteiger charge is -2.18. The van der Waals surface area contributed by atoms with Crippen molar-refractivity contribution in [3.8, 4) is 0 Å². The number of aliphatic carboxylic acids is 1. The first-order valence-corrected chi connectivity index (χ1v) is 5.20. The van der Waals surface area contributed by atoms with Gasteiger partial charge in [0.1, 0.15) is 6.04 Å². The number of urea groups is 1. The number of carbonyl (C=O) groups excluding carboxylic acids is 1. The van der Waals surface area contributed by atoms with Gasteiger partial charge < -0.3 is 15.3 Å². The quantitative estimate of drug-likeness (QED) is 0.713. The van der Waals surface area contributed by atoms with Crippen LogP contribution in [0.4, 0.5) is 4.79 Å². The number of rotatable bonds is 2. The molecular weight excluding hydrogens is 196 g/mol. The number of hydrogen-bond acceptors (Lipinski definition) is 2. The summed E-state index contributed by atoms with van der Waals surface area (Å²) in [7, 11) is 0. The maximum Gasteiger partial charge on any atom is 0.325 e. The highest BCUT2D eigenvalue weighted by atomic mass is 16.4. The number of carboxylic acid groups (broad SMARTS) is 1. The molecule has 1 aliphatic heterocycles. The van der Waals surface area contributed by atoms with Gasteiger partial charge in [-0.3, -0.25) is 4.79 Å². The first kappa shape index (κ1) is 11.8. The molecule has 0 bridgehead atoms. The largest absolute Gasteiger partial charge is 0.480 e. The SMILES string of the molecule is CC1CN(C(=O)N[C@H](C)C(=O)O)CC1C. The molecule has 0 radical (unpaired) electrons. The maximum absolute atomic E-state index is 11.6. The van der Waals surface area contributed by atoms with E-state index < -0.39 is 12.0 Å². The van der Waals surface area contributed by atoms with E-state index in [1.165, 1.54) is 6.92 Å². The highest BCUT2D eigenvalue weighted by Gasteiger charge is 2.30. The van der Waals surface area contributed by atoms with E-state index in [9.17, 15) is 9.59 Å². The Balaban J connectivity index is 2.45.